The molecular weight excluding hydrogens is 194 g/mol. The molecule has 0 heterocycles. The average molecular weight is 225 g/mol. The van der Waals surface area contributed by atoms with Gasteiger partial charge in [0.1, 0.15) is 0 Å². The summed E-state index contributed by atoms with van der Waals surface area (Å²) in [6.45, 7) is 12.8. The van der Waals surface area contributed by atoms with E-state index in [0.29, 0.717) is 5.41 Å². The van der Waals surface area contributed by atoms with Gasteiger partial charge in [0, 0.05) is 6.04 Å². The molecule has 1 aliphatic rings. The van der Waals surface area contributed by atoms with E-state index in [1.807, 2.05) is 0 Å². The van der Waals surface area contributed by atoms with Crippen LogP contribution in [0.2, 0.25) is 0 Å². The third-order valence-corrected chi connectivity index (χ3v) is 4.23. The molecule has 2 unspecified atom stereocenters. The van der Waals surface area contributed by atoms with Crippen molar-refractivity contribution in [1.82, 2.24) is 5.32 Å². The molecule has 1 nitrogen and oxygen atoms in total. The van der Waals surface area contributed by atoms with E-state index in [9.17, 15) is 0 Å². The van der Waals surface area contributed by atoms with E-state index in [2.05, 4.69) is 39.9 Å². The van der Waals surface area contributed by atoms with E-state index in [1.165, 1.54) is 32.1 Å². The minimum atomic E-state index is 0.452. The largest absolute Gasteiger partial charge is 0.314 e. The van der Waals surface area contributed by atoms with Crippen LogP contribution in [-0.4, -0.2) is 12.6 Å². The van der Waals surface area contributed by atoms with Crippen molar-refractivity contribution in [3.63, 3.8) is 0 Å². The molecule has 1 heteroatoms. The lowest BCUT2D eigenvalue weighted by molar-refractivity contribution is 0.218. The molecule has 0 bridgehead atoms. The van der Waals surface area contributed by atoms with Crippen molar-refractivity contribution < 1.29 is 0 Å². The lowest BCUT2D eigenvalue weighted by Gasteiger charge is -2.31. The summed E-state index contributed by atoms with van der Waals surface area (Å²) in [6.07, 6.45) is 7.17. The fraction of sp³-hybridized carbons (Fsp3) is 1.00. The van der Waals surface area contributed by atoms with E-state index in [4.69, 9.17) is 0 Å². The van der Waals surface area contributed by atoms with Gasteiger partial charge in [-0.1, -0.05) is 47.5 Å². The third kappa shape index (κ3) is 5.34. The van der Waals surface area contributed by atoms with Crippen molar-refractivity contribution in [3.8, 4) is 0 Å². The van der Waals surface area contributed by atoms with Crippen LogP contribution in [0.15, 0.2) is 0 Å². The van der Waals surface area contributed by atoms with E-state index in [1.54, 1.807) is 0 Å². The lowest BCUT2D eigenvalue weighted by atomic mass is 9.78. The molecule has 1 N–H and O–H groups in total. The Bertz CT molecular complexity index is 188. The van der Waals surface area contributed by atoms with Gasteiger partial charge in [-0.05, 0) is 43.1 Å². The van der Waals surface area contributed by atoms with Crippen molar-refractivity contribution in [2.24, 2.45) is 17.3 Å². The van der Waals surface area contributed by atoms with Gasteiger partial charge in [0.2, 0.25) is 0 Å². The lowest BCUT2D eigenvalue weighted by Crippen LogP contribution is -2.33. The van der Waals surface area contributed by atoms with E-state index < -0.39 is 0 Å². The van der Waals surface area contributed by atoms with Crippen LogP contribution in [-0.2, 0) is 0 Å². The van der Waals surface area contributed by atoms with Gasteiger partial charge in [0.15, 0.2) is 0 Å². The number of rotatable bonds is 7. The standard InChI is InChI=1S/C15H31N/c1-6-16-14(10-9-13-7-8-13)11-12(2)15(3,4)5/h12-14,16H,6-11H2,1-5H3. The van der Waals surface area contributed by atoms with Gasteiger partial charge in [0.25, 0.3) is 0 Å². The summed E-state index contributed by atoms with van der Waals surface area (Å²) in [5.41, 5.74) is 0.452. The second-order valence-electron chi connectivity index (χ2n) is 6.78. The summed E-state index contributed by atoms with van der Waals surface area (Å²) >= 11 is 0. The molecule has 0 amide bonds. The first-order valence-electron chi connectivity index (χ1n) is 7.16. The zero-order chi connectivity index (χ0) is 12.2. The maximum Gasteiger partial charge on any atom is 0.00697 e. The SMILES string of the molecule is CCNC(CCC1CC1)CC(C)C(C)(C)C. The highest BCUT2D eigenvalue weighted by Crippen LogP contribution is 2.35. The molecule has 0 aliphatic heterocycles. The molecule has 0 spiro atoms. The van der Waals surface area contributed by atoms with Crippen LogP contribution in [0.3, 0.4) is 0 Å². The Morgan fingerprint density at radius 2 is 1.88 bits per heavy atom. The molecule has 0 radical (unpaired) electrons. The molecule has 16 heavy (non-hydrogen) atoms. The molecule has 0 saturated heterocycles. The van der Waals surface area contributed by atoms with Gasteiger partial charge < -0.3 is 5.32 Å². The Hall–Kier alpha value is -0.0400. The van der Waals surface area contributed by atoms with Crippen LogP contribution in [0, 0.1) is 17.3 Å². The van der Waals surface area contributed by atoms with Gasteiger partial charge in [0.05, 0.1) is 0 Å². The summed E-state index contributed by atoms with van der Waals surface area (Å²) in [7, 11) is 0. The van der Waals surface area contributed by atoms with Gasteiger partial charge in [-0.25, -0.2) is 0 Å². The zero-order valence-corrected chi connectivity index (χ0v) is 12.0. The van der Waals surface area contributed by atoms with Crippen LogP contribution in [0.25, 0.3) is 0 Å². The Balaban J connectivity index is 2.30. The monoisotopic (exact) mass is 225 g/mol. The first kappa shape index (κ1) is 14.0. The van der Waals surface area contributed by atoms with Crippen LogP contribution >= 0.6 is 0 Å². The van der Waals surface area contributed by atoms with Gasteiger partial charge >= 0.3 is 0 Å². The van der Waals surface area contributed by atoms with Crippen molar-refractivity contribution in [1.29, 1.82) is 0 Å². The maximum atomic E-state index is 3.67. The van der Waals surface area contributed by atoms with Crippen LogP contribution in [0.4, 0.5) is 0 Å². The molecule has 0 aromatic carbocycles. The minimum absolute atomic E-state index is 0.452. The maximum absolute atomic E-state index is 3.67. The van der Waals surface area contributed by atoms with Gasteiger partial charge in [-0.15, -0.1) is 0 Å². The molecular formula is C15H31N. The molecule has 0 aromatic heterocycles. The smallest absolute Gasteiger partial charge is 0.00697 e. The van der Waals surface area contributed by atoms with Crippen molar-refractivity contribution >= 4 is 0 Å². The fourth-order valence-corrected chi connectivity index (χ4v) is 2.22. The summed E-state index contributed by atoms with van der Waals surface area (Å²) in [5, 5.41) is 3.67. The average Bonchev–Trinajstić information content (AvgIpc) is 2.96. The molecule has 96 valence electrons. The first-order chi connectivity index (χ1) is 7.43. The summed E-state index contributed by atoms with van der Waals surface area (Å²) in [5.74, 6) is 1.88. The van der Waals surface area contributed by atoms with Crippen molar-refractivity contribution in [2.45, 2.75) is 72.8 Å². The Morgan fingerprint density at radius 1 is 1.25 bits per heavy atom. The second-order valence-corrected chi connectivity index (χ2v) is 6.78. The number of hydrogen-bond donors (Lipinski definition) is 1. The molecule has 0 aromatic rings. The molecule has 1 saturated carbocycles. The van der Waals surface area contributed by atoms with Gasteiger partial charge in [-0.3, -0.25) is 0 Å². The summed E-state index contributed by atoms with van der Waals surface area (Å²) in [6, 6.07) is 0.750. The summed E-state index contributed by atoms with van der Waals surface area (Å²) < 4.78 is 0. The van der Waals surface area contributed by atoms with Crippen molar-refractivity contribution in [3.05, 3.63) is 0 Å². The van der Waals surface area contributed by atoms with Crippen molar-refractivity contribution in [2.75, 3.05) is 6.54 Å². The fourth-order valence-electron chi connectivity index (χ4n) is 2.22. The highest BCUT2D eigenvalue weighted by molar-refractivity contribution is 4.80. The normalized spacial score (nSPS) is 20.8. The number of nitrogens with one attached hydrogen (secondary N) is 1. The van der Waals surface area contributed by atoms with Crippen LogP contribution < -0.4 is 5.32 Å². The highest BCUT2D eigenvalue weighted by atomic mass is 14.9. The Morgan fingerprint density at radius 3 is 2.31 bits per heavy atom. The van der Waals surface area contributed by atoms with E-state index >= 15 is 0 Å². The highest BCUT2D eigenvalue weighted by Gasteiger charge is 2.26. The predicted octanol–water partition coefficient (Wildman–Crippen LogP) is 4.23. The Labute approximate surface area is 102 Å². The predicted molar refractivity (Wildman–Crippen MR) is 72.7 cm³/mol. The topological polar surface area (TPSA) is 12.0 Å². The molecule has 1 fully saturated rings. The molecule has 1 aliphatic carbocycles. The van der Waals surface area contributed by atoms with Crippen LogP contribution in [0.1, 0.15) is 66.7 Å². The quantitative estimate of drug-likeness (QED) is 0.684. The third-order valence-electron chi connectivity index (χ3n) is 4.23. The first-order valence-corrected chi connectivity index (χ1v) is 7.16. The number of hydrogen-bond acceptors (Lipinski definition) is 1. The zero-order valence-electron chi connectivity index (χ0n) is 12.0. The summed E-state index contributed by atoms with van der Waals surface area (Å²) in [4.78, 5) is 0. The minimum Gasteiger partial charge on any atom is -0.314 e. The Kier molecular flexibility index (Phi) is 5.30. The van der Waals surface area contributed by atoms with Crippen LogP contribution in [0.5, 0.6) is 0 Å². The molecule has 1 rings (SSSR count). The van der Waals surface area contributed by atoms with Gasteiger partial charge in [-0.2, -0.15) is 0 Å². The second kappa shape index (κ2) is 6.05. The van der Waals surface area contributed by atoms with E-state index in [-0.39, 0.29) is 0 Å². The van der Waals surface area contributed by atoms with E-state index in [0.717, 1.165) is 24.4 Å². The molecule has 2 atom stereocenters.